The molecule has 1 atom stereocenters. The number of nitrogens with zero attached hydrogens (tertiary/aromatic N) is 3. The van der Waals surface area contributed by atoms with Crippen molar-refractivity contribution in [3.05, 3.63) is 18.2 Å². The second-order valence-corrected chi connectivity index (χ2v) is 4.88. The number of hydrogen-bond donors (Lipinski definition) is 0. The fourth-order valence-corrected chi connectivity index (χ4v) is 2.48. The molecule has 88 valence electrons. The Bertz CT molecular complexity index is 377. The van der Waals surface area contributed by atoms with Gasteiger partial charge in [-0.3, -0.25) is 4.79 Å². The molecule has 5 heteroatoms. The Hall–Kier alpha value is -0.840. The predicted molar refractivity (Wildman–Crippen MR) is 65.4 cm³/mol. The van der Waals surface area contributed by atoms with E-state index in [0.29, 0.717) is 12.3 Å². The van der Waals surface area contributed by atoms with Crippen molar-refractivity contribution >= 4 is 21.8 Å². The van der Waals surface area contributed by atoms with Crippen molar-refractivity contribution in [1.82, 2.24) is 14.5 Å². The van der Waals surface area contributed by atoms with Gasteiger partial charge in [-0.05, 0) is 12.8 Å². The van der Waals surface area contributed by atoms with Gasteiger partial charge in [-0.2, -0.15) is 0 Å². The van der Waals surface area contributed by atoms with Gasteiger partial charge in [-0.15, -0.1) is 0 Å². The molecule has 0 saturated carbocycles. The van der Waals surface area contributed by atoms with Gasteiger partial charge in [0.05, 0.1) is 0 Å². The number of rotatable bonds is 4. The van der Waals surface area contributed by atoms with Crippen molar-refractivity contribution in [1.29, 1.82) is 0 Å². The first-order chi connectivity index (χ1) is 7.70. The normalized spacial score (nSPS) is 20.8. The first-order valence-electron chi connectivity index (χ1n) is 5.52. The second-order valence-electron chi connectivity index (χ2n) is 4.23. The summed E-state index contributed by atoms with van der Waals surface area (Å²) >= 11 is 3.44. The van der Waals surface area contributed by atoms with Crippen LogP contribution < -0.4 is 0 Å². The Balaban J connectivity index is 1.87. The third-order valence-corrected chi connectivity index (χ3v) is 3.96. The van der Waals surface area contributed by atoms with E-state index in [9.17, 15) is 4.79 Å². The molecule has 16 heavy (non-hydrogen) atoms. The van der Waals surface area contributed by atoms with Gasteiger partial charge in [0.25, 0.3) is 0 Å². The summed E-state index contributed by atoms with van der Waals surface area (Å²) in [5, 5.41) is 0.916. The van der Waals surface area contributed by atoms with E-state index in [-0.39, 0.29) is 5.91 Å². The van der Waals surface area contributed by atoms with Crippen LogP contribution in [0.3, 0.4) is 0 Å². The molecule has 1 aromatic rings. The number of carbonyl (C=O) groups excluding carboxylic acids is 1. The number of imidazole rings is 1. The number of likely N-dealkylation sites (tertiary alicyclic amines) is 1. The maximum atomic E-state index is 11.7. The van der Waals surface area contributed by atoms with Crippen molar-refractivity contribution in [2.24, 2.45) is 5.92 Å². The standard InChI is InChI=1S/C11H16BrN3O/c1-9-13-2-3-14(9)4-5-15-8-10(7-12)6-11(15)16/h2-3,10H,4-8H2,1H3. The SMILES string of the molecule is Cc1nccn1CCN1CC(CBr)CC1=O. The molecule has 1 unspecified atom stereocenters. The van der Waals surface area contributed by atoms with Crippen LogP contribution in [0, 0.1) is 12.8 Å². The molecule has 0 aliphatic carbocycles. The molecule has 0 N–H and O–H groups in total. The summed E-state index contributed by atoms with van der Waals surface area (Å²) in [6.45, 7) is 4.50. The lowest BCUT2D eigenvalue weighted by molar-refractivity contribution is -0.127. The average Bonchev–Trinajstić information content (AvgIpc) is 2.82. The Kier molecular flexibility index (Phi) is 3.63. The molecule has 4 nitrogen and oxygen atoms in total. The van der Waals surface area contributed by atoms with Crippen LogP contribution in [0.1, 0.15) is 12.2 Å². The number of aryl methyl sites for hydroxylation is 1. The summed E-state index contributed by atoms with van der Waals surface area (Å²) in [5.41, 5.74) is 0. The van der Waals surface area contributed by atoms with Crippen LogP contribution in [0.15, 0.2) is 12.4 Å². The zero-order valence-corrected chi connectivity index (χ0v) is 11.0. The average molecular weight is 286 g/mol. The molecule has 1 amide bonds. The monoisotopic (exact) mass is 285 g/mol. The number of hydrogen-bond acceptors (Lipinski definition) is 2. The highest BCUT2D eigenvalue weighted by Gasteiger charge is 2.28. The van der Waals surface area contributed by atoms with E-state index >= 15 is 0 Å². The minimum Gasteiger partial charge on any atom is -0.341 e. The van der Waals surface area contributed by atoms with Gasteiger partial charge in [-0.1, -0.05) is 15.9 Å². The Labute approximate surface area is 104 Å². The van der Waals surface area contributed by atoms with Gasteiger partial charge in [0.1, 0.15) is 5.82 Å². The van der Waals surface area contributed by atoms with E-state index in [1.807, 2.05) is 18.0 Å². The Morgan fingerprint density at radius 3 is 2.94 bits per heavy atom. The molecule has 0 spiro atoms. The smallest absolute Gasteiger partial charge is 0.223 e. The van der Waals surface area contributed by atoms with E-state index in [4.69, 9.17) is 0 Å². The minimum absolute atomic E-state index is 0.280. The first kappa shape index (κ1) is 11.6. The van der Waals surface area contributed by atoms with Crippen LogP contribution >= 0.6 is 15.9 Å². The number of alkyl halides is 1. The molecule has 1 aromatic heterocycles. The highest BCUT2D eigenvalue weighted by Crippen LogP contribution is 2.19. The summed E-state index contributed by atoms with van der Waals surface area (Å²) in [7, 11) is 0. The highest BCUT2D eigenvalue weighted by molar-refractivity contribution is 9.09. The Morgan fingerprint density at radius 1 is 1.56 bits per heavy atom. The minimum atomic E-state index is 0.280. The van der Waals surface area contributed by atoms with Crippen LogP contribution in [0.4, 0.5) is 0 Å². The van der Waals surface area contributed by atoms with Gasteiger partial charge < -0.3 is 9.47 Å². The summed E-state index contributed by atoms with van der Waals surface area (Å²) in [6.07, 6.45) is 4.44. The number of carbonyl (C=O) groups is 1. The molecular weight excluding hydrogens is 270 g/mol. The molecule has 1 aliphatic rings. The van der Waals surface area contributed by atoms with Crippen LogP contribution in [0.2, 0.25) is 0 Å². The van der Waals surface area contributed by atoms with E-state index in [1.54, 1.807) is 6.20 Å². The van der Waals surface area contributed by atoms with Gasteiger partial charge in [0.2, 0.25) is 5.91 Å². The van der Waals surface area contributed by atoms with Crippen LogP contribution in [0.25, 0.3) is 0 Å². The zero-order valence-electron chi connectivity index (χ0n) is 9.40. The van der Waals surface area contributed by atoms with Gasteiger partial charge >= 0.3 is 0 Å². The second kappa shape index (κ2) is 4.99. The fraction of sp³-hybridized carbons (Fsp3) is 0.636. The lowest BCUT2D eigenvalue weighted by Crippen LogP contribution is -2.29. The molecule has 0 radical (unpaired) electrons. The summed E-state index contributed by atoms with van der Waals surface area (Å²) in [5.74, 6) is 1.77. The molecule has 0 bridgehead atoms. The van der Waals surface area contributed by atoms with Crippen molar-refractivity contribution in [3.8, 4) is 0 Å². The topological polar surface area (TPSA) is 38.1 Å². The van der Waals surface area contributed by atoms with E-state index in [2.05, 4.69) is 25.5 Å². The van der Waals surface area contributed by atoms with Crippen LogP contribution in [-0.4, -0.2) is 38.8 Å². The zero-order chi connectivity index (χ0) is 11.5. The maximum absolute atomic E-state index is 11.7. The van der Waals surface area contributed by atoms with Gasteiger partial charge in [0.15, 0.2) is 0 Å². The van der Waals surface area contributed by atoms with Crippen LogP contribution in [0.5, 0.6) is 0 Å². The molecular formula is C11H16BrN3O. The molecule has 2 heterocycles. The van der Waals surface area contributed by atoms with Crippen molar-refractivity contribution in [2.75, 3.05) is 18.4 Å². The molecule has 0 aromatic carbocycles. The molecule has 1 fully saturated rings. The number of amides is 1. The Morgan fingerprint density at radius 2 is 2.38 bits per heavy atom. The highest BCUT2D eigenvalue weighted by atomic mass is 79.9. The molecule has 1 saturated heterocycles. The molecule has 1 aliphatic heterocycles. The predicted octanol–water partition coefficient (Wildman–Crippen LogP) is 1.43. The third kappa shape index (κ3) is 2.45. The summed E-state index contributed by atoms with van der Waals surface area (Å²) < 4.78 is 2.08. The largest absolute Gasteiger partial charge is 0.341 e. The molecule has 2 rings (SSSR count). The maximum Gasteiger partial charge on any atom is 0.223 e. The van der Waals surface area contributed by atoms with E-state index < -0.39 is 0 Å². The van der Waals surface area contributed by atoms with Crippen LogP contribution in [-0.2, 0) is 11.3 Å². The number of aromatic nitrogens is 2. The van der Waals surface area contributed by atoms with Crippen molar-refractivity contribution in [3.63, 3.8) is 0 Å². The summed E-state index contributed by atoms with van der Waals surface area (Å²) in [6, 6.07) is 0. The summed E-state index contributed by atoms with van der Waals surface area (Å²) in [4.78, 5) is 17.8. The first-order valence-corrected chi connectivity index (χ1v) is 6.64. The van der Waals surface area contributed by atoms with E-state index in [0.717, 1.165) is 30.8 Å². The number of halogens is 1. The van der Waals surface area contributed by atoms with Gasteiger partial charge in [-0.25, -0.2) is 4.98 Å². The fourth-order valence-electron chi connectivity index (χ4n) is 2.04. The van der Waals surface area contributed by atoms with Gasteiger partial charge in [0, 0.05) is 43.8 Å². The lowest BCUT2D eigenvalue weighted by Gasteiger charge is -2.16. The van der Waals surface area contributed by atoms with Crippen molar-refractivity contribution < 1.29 is 4.79 Å². The van der Waals surface area contributed by atoms with E-state index in [1.165, 1.54) is 0 Å². The third-order valence-electron chi connectivity index (χ3n) is 3.05. The lowest BCUT2D eigenvalue weighted by atomic mass is 10.2. The quantitative estimate of drug-likeness (QED) is 0.785. The van der Waals surface area contributed by atoms with Crippen molar-refractivity contribution in [2.45, 2.75) is 19.9 Å².